The number of methoxy groups -OCH3 is 1. The number of likely N-dealkylation sites (N-methyl/N-ethyl adjacent to an activating group) is 1. The van der Waals surface area contributed by atoms with Gasteiger partial charge in [-0.1, -0.05) is 12.1 Å². The Labute approximate surface area is 141 Å². The topological polar surface area (TPSA) is 96.0 Å². The predicted molar refractivity (Wildman–Crippen MR) is 87.0 cm³/mol. The minimum atomic E-state index is -3.99. The third-order valence-corrected chi connectivity index (χ3v) is 5.67. The number of sulfonamides is 1. The Morgan fingerprint density at radius 3 is 2.50 bits per heavy atom. The van der Waals surface area contributed by atoms with E-state index < -0.39 is 16.0 Å². The molecule has 1 fully saturated rings. The number of ether oxygens (including phenoxy) is 1. The van der Waals surface area contributed by atoms with Gasteiger partial charge in [0.25, 0.3) is 0 Å². The summed E-state index contributed by atoms with van der Waals surface area (Å²) in [5.41, 5.74) is -0.0542. The summed E-state index contributed by atoms with van der Waals surface area (Å²) in [6.07, 6.45) is 0. The first-order valence-electron chi connectivity index (χ1n) is 7.50. The number of piperazine rings is 1. The van der Waals surface area contributed by atoms with Crippen LogP contribution in [0.25, 0.3) is 0 Å². The van der Waals surface area contributed by atoms with Crippen LogP contribution in [0.1, 0.15) is 10.4 Å². The van der Waals surface area contributed by atoms with E-state index in [-0.39, 0.29) is 22.9 Å². The molecule has 1 N–H and O–H groups in total. The smallest absolute Gasteiger partial charge is 0.339 e. The molecule has 0 bridgehead atoms. The first-order valence-corrected chi connectivity index (χ1v) is 8.94. The highest BCUT2D eigenvalue weighted by atomic mass is 32.2. The van der Waals surface area contributed by atoms with Crippen molar-refractivity contribution in [3.05, 3.63) is 29.8 Å². The summed E-state index contributed by atoms with van der Waals surface area (Å²) >= 11 is 0. The number of hydrogen-bond acceptors (Lipinski definition) is 6. The van der Waals surface area contributed by atoms with Crippen LogP contribution >= 0.6 is 0 Å². The normalized spacial score (nSPS) is 15.4. The molecule has 0 atom stereocenters. The molecule has 0 aromatic heterocycles. The summed E-state index contributed by atoms with van der Waals surface area (Å²) in [4.78, 5) is 25.5. The third-order valence-electron chi connectivity index (χ3n) is 3.81. The molecule has 0 radical (unpaired) electrons. The number of carbonyl (C=O) groups is 2. The second-order valence-corrected chi connectivity index (χ2v) is 7.39. The van der Waals surface area contributed by atoms with Gasteiger partial charge in [0.1, 0.15) is 0 Å². The molecule has 1 aromatic rings. The van der Waals surface area contributed by atoms with E-state index >= 15 is 0 Å². The second-order valence-electron chi connectivity index (χ2n) is 5.38. The minimum Gasteiger partial charge on any atom is -0.465 e. The standard InChI is InChI=1S/C15H21N3O5S/c1-17(11-14(19)18-9-7-16-8-10-18)24(21,22)13-6-4-3-5-12(13)15(20)23-2/h3-6,16H,7-11H2,1-2H3. The van der Waals surface area contributed by atoms with Crippen molar-refractivity contribution in [2.45, 2.75) is 4.90 Å². The average molecular weight is 355 g/mol. The van der Waals surface area contributed by atoms with Crippen LogP contribution < -0.4 is 5.32 Å². The first-order chi connectivity index (χ1) is 11.4. The highest BCUT2D eigenvalue weighted by Crippen LogP contribution is 2.20. The monoisotopic (exact) mass is 355 g/mol. The number of carbonyl (C=O) groups excluding carboxylic acids is 2. The molecule has 1 aliphatic heterocycles. The predicted octanol–water partition coefficient (Wildman–Crippen LogP) is -0.474. The SMILES string of the molecule is COC(=O)c1ccccc1S(=O)(=O)N(C)CC(=O)N1CCNCC1. The van der Waals surface area contributed by atoms with Gasteiger partial charge in [-0.25, -0.2) is 13.2 Å². The lowest BCUT2D eigenvalue weighted by atomic mass is 10.2. The van der Waals surface area contributed by atoms with Crippen LogP contribution in [0.5, 0.6) is 0 Å². The van der Waals surface area contributed by atoms with Crippen LogP contribution in [0.3, 0.4) is 0 Å². The van der Waals surface area contributed by atoms with Gasteiger partial charge in [0, 0.05) is 33.2 Å². The zero-order valence-electron chi connectivity index (χ0n) is 13.7. The van der Waals surface area contributed by atoms with Gasteiger partial charge < -0.3 is 15.0 Å². The maximum atomic E-state index is 12.7. The largest absolute Gasteiger partial charge is 0.465 e. The van der Waals surface area contributed by atoms with E-state index in [9.17, 15) is 18.0 Å². The Morgan fingerprint density at radius 1 is 1.25 bits per heavy atom. The molecular weight excluding hydrogens is 334 g/mol. The molecule has 0 spiro atoms. The van der Waals surface area contributed by atoms with Gasteiger partial charge in [-0.3, -0.25) is 4.79 Å². The number of rotatable bonds is 5. The lowest BCUT2D eigenvalue weighted by Gasteiger charge is -2.29. The molecule has 132 valence electrons. The van der Waals surface area contributed by atoms with Gasteiger partial charge in [-0.15, -0.1) is 0 Å². The maximum absolute atomic E-state index is 12.7. The van der Waals surface area contributed by atoms with Crippen molar-refractivity contribution in [2.24, 2.45) is 0 Å². The van der Waals surface area contributed by atoms with E-state index in [4.69, 9.17) is 0 Å². The molecule has 9 heteroatoms. The van der Waals surface area contributed by atoms with Crippen molar-refractivity contribution >= 4 is 21.9 Å². The van der Waals surface area contributed by atoms with E-state index in [0.29, 0.717) is 26.2 Å². The molecule has 0 unspecified atom stereocenters. The molecule has 1 heterocycles. The van der Waals surface area contributed by atoms with Crippen LogP contribution in [-0.4, -0.2) is 76.4 Å². The van der Waals surface area contributed by atoms with Crippen molar-refractivity contribution < 1.29 is 22.7 Å². The van der Waals surface area contributed by atoms with Crippen molar-refractivity contribution in [3.8, 4) is 0 Å². The summed E-state index contributed by atoms with van der Waals surface area (Å²) in [5, 5.41) is 3.13. The fourth-order valence-corrected chi connectivity index (χ4v) is 3.72. The van der Waals surface area contributed by atoms with E-state index in [1.54, 1.807) is 11.0 Å². The van der Waals surface area contributed by atoms with E-state index in [1.165, 1.54) is 32.4 Å². The van der Waals surface area contributed by atoms with Gasteiger partial charge in [0.05, 0.1) is 24.1 Å². The molecule has 2 rings (SSSR count). The molecule has 1 aliphatic rings. The summed E-state index contributed by atoms with van der Waals surface area (Å²) < 4.78 is 31.0. The molecule has 1 aromatic carbocycles. The Bertz CT molecular complexity index is 714. The molecular formula is C15H21N3O5S. The Hall–Kier alpha value is -1.97. The highest BCUT2D eigenvalue weighted by molar-refractivity contribution is 7.89. The third kappa shape index (κ3) is 3.92. The van der Waals surface area contributed by atoms with Gasteiger partial charge >= 0.3 is 5.97 Å². The zero-order valence-corrected chi connectivity index (χ0v) is 14.5. The van der Waals surface area contributed by atoms with E-state index in [0.717, 1.165) is 4.31 Å². The summed E-state index contributed by atoms with van der Waals surface area (Å²) in [5.74, 6) is -1.01. The number of hydrogen-bond donors (Lipinski definition) is 1. The number of nitrogens with zero attached hydrogens (tertiary/aromatic N) is 2. The van der Waals surface area contributed by atoms with Crippen LogP contribution in [0.15, 0.2) is 29.2 Å². The fourth-order valence-electron chi connectivity index (χ4n) is 2.43. The van der Waals surface area contributed by atoms with Gasteiger partial charge in [-0.05, 0) is 12.1 Å². The quantitative estimate of drug-likeness (QED) is 0.717. The second kappa shape index (κ2) is 7.73. The lowest BCUT2D eigenvalue weighted by molar-refractivity contribution is -0.131. The molecule has 8 nitrogen and oxygen atoms in total. The van der Waals surface area contributed by atoms with E-state index in [2.05, 4.69) is 10.1 Å². The number of nitrogens with one attached hydrogen (secondary N) is 1. The Balaban J connectivity index is 2.20. The fraction of sp³-hybridized carbons (Fsp3) is 0.467. The number of esters is 1. The summed E-state index contributed by atoms with van der Waals surface area (Å²) in [6, 6.07) is 5.78. The van der Waals surface area contributed by atoms with Crippen molar-refractivity contribution in [3.63, 3.8) is 0 Å². The molecule has 1 amide bonds. The Morgan fingerprint density at radius 2 is 1.88 bits per heavy atom. The number of benzene rings is 1. The zero-order chi connectivity index (χ0) is 17.7. The highest BCUT2D eigenvalue weighted by Gasteiger charge is 2.29. The average Bonchev–Trinajstić information content (AvgIpc) is 2.61. The summed E-state index contributed by atoms with van der Waals surface area (Å²) in [7, 11) is -1.48. The van der Waals surface area contributed by atoms with Crippen LogP contribution in [0.2, 0.25) is 0 Å². The van der Waals surface area contributed by atoms with Gasteiger partial charge in [0.15, 0.2) is 0 Å². The molecule has 24 heavy (non-hydrogen) atoms. The minimum absolute atomic E-state index is 0.0542. The number of amides is 1. The van der Waals surface area contributed by atoms with Crippen molar-refractivity contribution in [1.29, 1.82) is 0 Å². The van der Waals surface area contributed by atoms with Crippen molar-refractivity contribution in [2.75, 3.05) is 46.9 Å². The maximum Gasteiger partial charge on any atom is 0.339 e. The van der Waals surface area contributed by atoms with Gasteiger partial charge in [-0.2, -0.15) is 4.31 Å². The molecule has 0 aliphatic carbocycles. The van der Waals surface area contributed by atoms with E-state index in [1.807, 2.05) is 0 Å². The van der Waals surface area contributed by atoms with Crippen LogP contribution in [-0.2, 0) is 19.6 Å². The van der Waals surface area contributed by atoms with Gasteiger partial charge in [0.2, 0.25) is 15.9 Å². The molecule has 0 saturated carbocycles. The van der Waals surface area contributed by atoms with Crippen LogP contribution in [0.4, 0.5) is 0 Å². The molecule has 1 saturated heterocycles. The Kier molecular flexibility index (Phi) is 5.92. The van der Waals surface area contributed by atoms with Crippen LogP contribution in [0, 0.1) is 0 Å². The summed E-state index contributed by atoms with van der Waals surface area (Å²) in [6.45, 7) is 2.19. The van der Waals surface area contributed by atoms with Crippen molar-refractivity contribution in [1.82, 2.24) is 14.5 Å². The first kappa shape index (κ1) is 18.4. The lowest BCUT2D eigenvalue weighted by Crippen LogP contribution is -2.49.